The topological polar surface area (TPSA) is 44.1 Å². The van der Waals surface area contributed by atoms with Crippen LogP contribution in [0.3, 0.4) is 0 Å². The van der Waals surface area contributed by atoms with Crippen LogP contribution in [0.15, 0.2) is 60.7 Å². The van der Waals surface area contributed by atoms with Gasteiger partial charge in [-0.25, -0.2) is 0 Å². The lowest BCUT2D eigenvalue weighted by atomic mass is 9.86. The van der Waals surface area contributed by atoms with Gasteiger partial charge in [0.25, 0.3) is 0 Å². The fourth-order valence-electron chi connectivity index (χ4n) is 3.46. The Morgan fingerprint density at radius 1 is 0.917 bits per heavy atom. The number of hydrogen-bond donors (Lipinski definition) is 0. The summed E-state index contributed by atoms with van der Waals surface area (Å²) in [6, 6.07) is 22.3. The molecule has 1 saturated carbocycles. The van der Waals surface area contributed by atoms with Gasteiger partial charge < -0.3 is 4.90 Å². The predicted molar refractivity (Wildman–Crippen MR) is 93.7 cm³/mol. The summed E-state index contributed by atoms with van der Waals surface area (Å²) in [6.07, 6.45) is 3.29. The van der Waals surface area contributed by atoms with Crippen molar-refractivity contribution in [2.24, 2.45) is 5.41 Å². The van der Waals surface area contributed by atoms with Gasteiger partial charge in [-0.05, 0) is 24.0 Å². The van der Waals surface area contributed by atoms with Crippen LogP contribution in [0, 0.1) is 16.7 Å². The van der Waals surface area contributed by atoms with E-state index in [0.717, 1.165) is 24.0 Å². The third-order valence-corrected chi connectivity index (χ3v) is 4.80. The smallest absolute Gasteiger partial charge is 0.243 e. The predicted octanol–water partition coefficient (Wildman–Crippen LogP) is 4.30. The van der Waals surface area contributed by atoms with Gasteiger partial charge in [0.1, 0.15) is 5.41 Å². The summed E-state index contributed by atoms with van der Waals surface area (Å²) >= 11 is 0. The highest BCUT2D eigenvalue weighted by Gasteiger charge is 2.43. The van der Waals surface area contributed by atoms with Crippen molar-refractivity contribution in [3.05, 3.63) is 71.8 Å². The van der Waals surface area contributed by atoms with E-state index in [4.69, 9.17) is 0 Å². The van der Waals surface area contributed by atoms with E-state index in [1.807, 2.05) is 65.6 Å². The van der Waals surface area contributed by atoms with Crippen LogP contribution >= 0.6 is 0 Å². The summed E-state index contributed by atoms with van der Waals surface area (Å²) in [7, 11) is 0. The third kappa shape index (κ3) is 3.49. The number of carbonyl (C=O) groups excluding carboxylic acids is 1. The zero-order valence-electron chi connectivity index (χ0n) is 13.8. The number of amides is 1. The van der Waals surface area contributed by atoms with Gasteiger partial charge in [0.05, 0.1) is 6.07 Å². The first-order valence-electron chi connectivity index (χ1n) is 8.52. The molecule has 0 radical (unpaired) electrons. The molecule has 1 aliphatic carbocycles. The minimum Gasteiger partial charge on any atom is -0.333 e. The van der Waals surface area contributed by atoms with E-state index in [9.17, 15) is 10.1 Å². The van der Waals surface area contributed by atoms with Crippen molar-refractivity contribution in [1.82, 2.24) is 4.90 Å². The van der Waals surface area contributed by atoms with Crippen LogP contribution in [0.2, 0.25) is 0 Å². The van der Waals surface area contributed by atoms with Crippen molar-refractivity contribution in [2.45, 2.75) is 38.8 Å². The molecule has 0 aromatic heterocycles. The summed E-state index contributed by atoms with van der Waals surface area (Å²) in [6.45, 7) is 1.08. The lowest BCUT2D eigenvalue weighted by Gasteiger charge is -2.30. The average Bonchev–Trinajstić information content (AvgIpc) is 3.13. The SMILES string of the molecule is N#CC1(C(=O)N(Cc2ccccc2)Cc2ccccc2)CCCC1. The Hall–Kier alpha value is -2.60. The van der Waals surface area contributed by atoms with Crippen molar-refractivity contribution in [3.8, 4) is 6.07 Å². The largest absolute Gasteiger partial charge is 0.333 e. The van der Waals surface area contributed by atoms with E-state index in [-0.39, 0.29) is 5.91 Å². The Labute approximate surface area is 143 Å². The van der Waals surface area contributed by atoms with Crippen LogP contribution in [-0.4, -0.2) is 10.8 Å². The van der Waals surface area contributed by atoms with Crippen LogP contribution < -0.4 is 0 Å². The second kappa shape index (κ2) is 7.31. The molecule has 0 aliphatic heterocycles. The van der Waals surface area contributed by atoms with Gasteiger partial charge in [-0.1, -0.05) is 73.5 Å². The first kappa shape index (κ1) is 16.3. The maximum Gasteiger partial charge on any atom is 0.243 e. The van der Waals surface area contributed by atoms with Gasteiger partial charge in [-0.2, -0.15) is 5.26 Å². The monoisotopic (exact) mass is 318 g/mol. The maximum absolute atomic E-state index is 13.2. The lowest BCUT2D eigenvalue weighted by molar-refractivity contribution is -0.140. The van der Waals surface area contributed by atoms with E-state index in [1.54, 1.807) is 0 Å². The highest BCUT2D eigenvalue weighted by molar-refractivity contribution is 5.85. The highest BCUT2D eigenvalue weighted by Crippen LogP contribution is 2.39. The van der Waals surface area contributed by atoms with Crippen molar-refractivity contribution >= 4 is 5.91 Å². The molecule has 0 bridgehead atoms. The molecule has 3 nitrogen and oxygen atoms in total. The fourth-order valence-corrected chi connectivity index (χ4v) is 3.46. The summed E-state index contributed by atoms with van der Waals surface area (Å²) in [5.74, 6) is -0.0183. The molecular formula is C21H22N2O. The van der Waals surface area contributed by atoms with Gasteiger partial charge in [0.15, 0.2) is 0 Å². The molecule has 0 atom stereocenters. The maximum atomic E-state index is 13.2. The third-order valence-electron chi connectivity index (χ3n) is 4.80. The van der Waals surface area contributed by atoms with Crippen LogP contribution in [0.1, 0.15) is 36.8 Å². The van der Waals surface area contributed by atoms with E-state index < -0.39 is 5.41 Å². The molecule has 2 aromatic carbocycles. The van der Waals surface area contributed by atoms with Gasteiger partial charge >= 0.3 is 0 Å². The molecular weight excluding hydrogens is 296 g/mol. The molecule has 0 unspecified atom stereocenters. The molecule has 122 valence electrons. The van der Waals surface area contributed by atoms with E-state index in [2.05, 4.69) is 6.07 Å². The number of benzene rings is 2. The first-order chi connectivity index (χ1) is 11.7. The molecule has 3 heteroatoms. The average molecular weight is 318 g/mol. The lowest BCUT2D eigenvalue weighted by Crippen LogP contribution is -2.41. The highest BCUT2D eigenvalue weighted by atomic mass is 16.2. The first-order valence-corrected chi connectivity index (χ1v) is 8.52. The zero-order chi connectivity index (χ0) is 16.8. The minimum absolute atomic E-state index is 0.0183. The van der Waals surface area contributed by atoms with Gasteiger partial charge in [0, 0.05) is 13.1 Å². The second-order valence-electron chi connectivity index (χ2n) is 6.53. The Bertz CT molecular complexity index is 671. The van der Waals surface area contributed by atoms with Crippen LogP contribution in [0.25, 0.3) is 0 Å². The number of nitriles is 1. The Morgan fingerprint density at radius 3 is 1.79 bits per heavy atom. The van der Waals surface area contributed by atoms with Gasteiger partial charge in [-0.15, -0.1) is 0 Å². The van der Waals surface area contributed by atoms with Crippen LogP contribution in [0.5, 0.6) is 0 Å². The number of hydrogen-bond acceptors (Lipinski definition) is 2. The Kier molecular flexibility index (Phi) is 4.96. The minimum atomic E-state index is -0.830. The Morgan fingerprint density at radius 2 is 1.38 bits per heavy atom. The van der Waals surface area contributed by atoms with Crippen molar-refractivity contribution in [1.29, 1.82) is 5.26 Å². The van der Waals surface area contributed by atoms with Gasteiger partial charge in [0.2, 0.25) is 5.91 Å². The van der Waals surface area contributed by atoms with Crippen LogP contribution in [0.4, 0.5) is 0 Å². The fraction of sp³-hybridized carbons (Fsp3) is 0.333. The quantitative estimate of drug-likeness (QED) is 0.825. The molecule has 0 N–H and O–H groups in total. The van der Waals surface area contributed by atoms with Crippen molar-refractivity contribution in [3.63, 3.8) is 0 Å². The molecule has 1 amide bonds. The summed E-state index contributed by atoms with van der Waals surface area (Å²) in [4.78, 5) is 15.1. The Balaban J connectivity index is 1.86. The van der Waals surface area contributed by atoms with E-state index in [0.29, 0.717) is 25.9 Å². The molecule has 0 saturated heterocycles. The molecule has 0 spiro atoms. The van der Waals surface area contributed by atoms with Crippen molar-refractivity contribution in [2.75, 3.05) is 0 Å². The zero-order valence-corrected chi connectivity index (χ0v) is 13.8. The van der Waals surface area contributed by atoms with E-state index >= 15 is 0 Å². The molecule has 3 rings (SSSR count). The summed E-state index contributed by atoms with van der Waals surface area (Å²) < 4.78 is 0. The number of rotatable bonds is 5. The molecule has 24 heavy (non-hydrogen) atoms. The van der Waals surface area contributed by atoms with Crippen molar-refractivity contribution < 1.29 is 4.79 Å². The van der Waals surface area contributed by atoms with E-state index in [1.165, 1.54) is 0 Å². The number of carbonyl (C=O) groups is 1. The van der Waals surface area contributed by atoms with Crippen LogP contribution in [-0.2, 0) is 17.9 Å². The normalized spacial score (nSPS) is 15.6. The molecule has 1 fully saturated rings. The standard InChI is InChI=1S/C21H22N2O/c22-17-21(13-7-8-14-21)20(24)23(15-18-9-3-1-4-10-18)16-19-11-5-2-6-12-19/h1-6,9-12H,7-8,13-16H2. The second-order valence-corrected chi connectivity index (χ2v) is 6.53. The summed E-state index contributed by atoms with van der Waals surface area (Å²) in [5.41, 5.74) is 1.35. The molecule has 0 heterocycles. The molecule has 2 aromatic rings. The number of nitrogens with zero attached hydrogens (tertiary/aromatic N) is 2. The molecule has 1 aliphatic rings. The van der Waals surface area contributed by atoms with Gasteiger partial charge in [-0.3, -0.25) is 4.79 Å². The summed E-state index contributed by atoms with van der Waals surface area (Å²) in [5, 5.41) is 9.67.